The highest BCUT2D eigenvalue weighted by Crippen LogP contribution is 2.25. The zero-order chi connectivity index (χ0) is 22.6. The van der Waals surface area contributed by atoms with Crippen molar-refractivity contribution in [3.8, 4) is 36.4 Å². The summed E-state index contributed by atoms with van der Waals surface area (Å²) in [7, 11) is 0. The fourth-order valence-electron chi connectivity index (χ4n) is 2.64. The Labute approximate surface area is 165 Å². The molecule has 0 aliphatic rings. The molecule has 30 heavy (non-hydrogen) atoms. The first-order valence-corrected chi connectivity index (χ1v) is 7.50. The van der Waals surface area contributed by atoms with E-state index in [4.69, 9.17) is 10.5 Å². The SMILES string of the molecule is N#CC(C#N)=c1c(C#N)c/c(=C(/C#N)c2c(F)c(F)cc(F)c2F)c(C#N)c1C#N. The van der Waals surface area contributed by atoms with Crippen molar-refractivity contribution in [2.24, 2.45) is 0 Å². The molecule has 0 amide bonds. The fourth-order valence-corrected chi connectivity index (χ4v) is 2.64. The lowest BCUT2D eigenvalue weighted by Gasteiger charge is -2.08. The smallest absolute Gasteiger partial charge is 0.170 e. The van der Waals surface area contributed by atoms with Crippen molar-refractivity contribution >= 4 is 11.1 Å². The number of nitriles is 6. The third-order valence-corrected chi connectivity index (χ3v) is 3.89. The van der Waals surface area contributed by atoms with E-state index < -0.39 is 67.1 Å². The summed E-state index contributed by atoms with van der Waals surface area (Å²) in [6, 6.07) is 9.41. The van der Waals surface area contributed by atoms with Gasteiger partial charge >= 0.3 is 0 Å². The van der Waals surface area contributed by atoms with Crippen LogP contribution in [0, 0.1) is 91.3 Å². The number of hydrogen-bond donors (Lipinski definition) is 0. The Morgan fingerprint density at radius 2 is 1.20 bits per heavy atom. The van der Waals surface area contributed by atoms with Gasteiger partial charge in [-0.3, -0.25) is 0 Å². The van der Waals surface area contributed by atoms with E-state index in [-0.39, 0.29) is 6.07 Å². The van der Waals surface area contributed by atoms with E-state index in [2.05, 4.69) is 0 Å². The first-order chi connectivity index (χ1) is 14.3. The molecule has 2 rings (SSSR count). The summed E-state index contributed by atoms with van der Waals surface area (Å²) in [4.78, 5) is 0. The van der Waals surface area contributed by atoms with Gasteiger partial charge in [0.25, 0.3) is 0 Å². The van der Waals surface area contributed by atoms with E-state index in [1.807, 2.05) is 0 Å². The van der Waals surface area contributed by atoms with E-state index in [0.717, 1.165) is 6.07 Å². The maximum Gasteiger partial charge on any atom is 0.170 e. The number of rotatable bonds is 1. The van der Waals surface area contributed by atoms with Crippen molar-refractivity contribution in [3.63, 3.8) is 0 Å². The van der Waals surface area contributed by atoms with Crippen molar-refractivity contribution in [3.05, 3.63) is 68.1 Å². The molecule has 6 nitrogen and oxygen atoms in total. The van der Waals surface area contributed by atoms with Crippen LogP contribution in [0.5, 0.6) is 0 Å². The lowest BCUT2D eigenvalue weighted by molar-refractivity contribution is 0.450. The van der Waals surface area contributed by atoms with Crippen LogP contribution in [0.3, 0.4) is 0 Å². The predicted octanol–water partition coefficient (Wildman–Crippen LogP) is 1.78. The van der Waals surface area contributed by atoms with Gasteiger partial charge in [-0.15, -0.1) is 0 Å². The molecule has 0 spiro atoms. The van der Waals surface area contributed by atoms with Crippen LogP contribution in [0.25, 0.3) is 11.1 Å². The van der Waals surface area contributed by atoms with Gasteiger partial charge in [0, 0.05) is 16.5 Å². The molecule has 0 atom stereocenters. The second kappa shape index (κ2) is 8.24. The van der Waals surface area contributed by atoms with E-state index in [9.17, 15) is 38.6 Å². The molecule has 2 aromatic rings. The van der Waals surface area contributed by atoms with Crippen LogP contribution in [0.15, 0.2) is 12.1 Å². The highest BCUT2D eigenvalue weighted by molar-refractivity contribution is 5.81. The van der Waals surface area contributed by atoms with Crippen LogP contribution in [0.2, 0.25) is 0 Å². The predicted molar refractivity (Wildman–Crippen MR) is 88.9 cm³/mol. The highest BCUT2D eigenvalue weighted by Gasteiger charge is 2.25. The Hall–Kier alpha value is -5.16. The first-order valence-electron chi connectivity index (χ1n) is 7.50. The number of hydrogen-bond acceptors (Lipinski definition) is 6. The topological polar surface area (TPSA) is 143 Å². The van der Waals surface area contributed by atoms with Crippen molar-refractivity contribution in [2.75, 3.05) is 0 Å². The maximum absolute atomic E-state index is 14.2. The van der Waals surface area contributed by atoms with Gasteiger partial charge < -0.3 is 0 Å². The summed E-state index contributed by atoms with van der Waals surface area (Å²) in [6.07, 6.45) is 0. The molecule has 2 aromatic carbocycles. The Morgan fingerprint density at radius 1 is 0.667 bits per heavy atom. The molecule has 0 N–H and O–H groups in total. The van der Waals surface area contributed by atoms with Gasteiger partial charge in [0.2, 0.25) is 0 Å². The van der Waals surface area contributed by atoms with Gasteiger partial charge in [0.05, 0.1) is 33.9 Å². The molecule has 0 aliphatic heterocycles. The summed E-state index contributed by atoms with van der Waals surface area (Å²) in [5.41, 5.74) is -5.21. The molecule has 0 radical (unpaired) electrons. The summed E-state index contributed by atoms with van der Waals surface area (Å²) in [5.74, 6) is -7.51. The lowest BCUT2D eigenvalue weighted by atomic mass is 9.92. The number of benzene rings is 2. The molecule has 0 saturated carbocycles. The molecule has 0 fully saturated rings. The Bertz CT molecular complexity index is 1450. The van der Waals surface area contributed by atoms with Gasteiger partial charge in [0.15, 0.2) is 23.3 Å². The molecule has 0 saturated heterocycles. The van der Waals surface area contributed by atoms with Gasteiger partial charge in [-0.25, -0.2) is 17.6 Å². The number of halogens is 4. The minimum Gasteiger partial charge on any atom is -0.204 e. The van der Waals surface area contributed by atoms with Crippen LogP contribution in [0.1, 0.15) is 22.3 Å². The van der Waals surface area contributed by atoms with E-state index in [0.29, 0.717) is 0 Å². The zero-order valence-electron chi connectivity index (χ0n) is 14.3. The van der Waals surface area contributed by atoms with Crippen LogP contribution >= 0.6 is 0 Å². The highest BCUT2D eigenvalue weighted by atomic mass is 19.2. The van der Waals surface area contributed by atoms with Crippen LogP contribution < -0.4 is 10.4 Å². The molecule has 0 bridgehead atoms. The van der Waals surface area contributed by atoms with Crippen molar-refractivity contribution in [1.29, 1.82) is 31.6 Å². The maximum atomic E-state index is 14.2. The molecule has 0 aliphatic carbocycles. The molecule has 0 aromatic heterocycles. The van der Waals surface area contributed by atoms with Crippen molar-refractivity contribution < 1.29 is 17.6 Å². The van der Waals surface area contributed by atoms with E-state index in [1.54, 1.807) is 6.07 Å². The quantitative estimate of drug-likeness (QED) is 0.525. The standard InChI is InChI=1S/C20H2F4N6/c21-15-2-16(22)20(24)18(19(15)23)13(7-29)11-1-9(3-25)17(10(4-26)5-27)14(8-30)12(11)6-28/h1-2H/b13-11+. The third-order valence-electron chi connectivity index (χ3n) is 3.89. The Morgan fingerprint density at radius 3 is 1.60 bits per heavy atom. The summed E-state index contributed by atoms with van der Waals surface area (Å²) >= 11 is 0. The largest absolute Gasteiger partial charge is 0.204 e. The van der Waals surface area contributed by atoms with Crippen molar-refractivity contribution in [2.45, 2.75) is 0 Å². The fraction of sp³-hybridized carbons (Fsp3) is 0. The summed E-state index contributed by atoms with van der Waals surface area (Å²) in [5, 5.41) is 54.6. The Balaban J connectivity index is 3.40. The molecular weight excluding hydrogens is 400 g/mol. The first kappa shape index (κ1) is 21.1. The van der Waals surface area contributed by atoms with E-state index in [1.165, 1.54) is 30.3 Å². The summed E-state index contributed by atoms with van der Waals surface area (Å²) < 4.78 is 55.7. The molecular formula is C20H2F4N6. The average Bonchev–Trinajstić information content (AvgIpc) is 2.75. The second-order valence-electron chi connectivity index (χ2n) is 5.36. The molecule has 10 heteroatoms. The zero-order valence-corrected chi connectivity index (χ0v) is 14.3. The van der Waals surface area contributed by atoms with Gasteiger partial charge in [-0.2, -0.15) is 31.6 Å². The summed E-state index contributed by atoms with van der Waals surface area (Å²) in [6.45, 7) is 0. The van der Waals surface area contributed by atoms with Crippen LogP contribution in [-0.2, 0) is 0 Å². The number of nitrogens with zero attached hydrogens (tertiary/aromatic N) is 6. The van der Waals surface area contributed by atoms with E-state index >= 15 is 0 Å². The monoisotopic (exact) mass is 402 g/mol. The van der Waals surface area contributed by atoms with Crippen molar-refractivity contribution in [1.82, 2.24) is 0 Å². The molecule has 140 valence electrons. The molecule has 0 unspecified atom stereocenters. The van der Waals surface area contributed by atoms with Crippen LogP contribution in [0.4, 0.5) is 17.6 Å². The molecule has 0 heterocycles. The average molecular weight is 402 g/mol. The third kappa shape index (κ3) is 3.15. The minimum atomic E-state index is -1.93. The minimum absolute atomic E-state index is 0.0834. The van der Waals surface area contributed by atoms with Gasteiger partial charge in [-0.1, -0.05) is 0 Å². The normalized spacial score (nSPS) is 10.3. The second-order valence-corrected chi connectivity index (χ2v) is 5.36. The van der Waals surface area contributed by atoms with Gasteiger partial charge in [-0.05, 0) is 6.07 Å². The van der Waals surface area contributed by atoms with Gasteiger partial charge in [0.1, 0.15) is 35.9 Å². The van der Waals surface area contributed by atoms with Crippen LogP contribution in [-0.4, -0.2) is 0 Å². The Kier molecular flexibility index (Phi) is 5.81. The lowest BCUT2D eigenvalue weighted by Crippen LogP contribution is -2.26.